The van der Waals surface area contributed by atoms with Gasteiger partial charge in [0.05, 0.1) is 0 Å². The van der Waals surface area contributed by atoms with Crippen molar-refractivity contribution in [3.63, 3.8) is 0 Å². The minimum Gasteiger partial charge on any atom is -0.379 e. The van der Waals surface area contributed by atoms with Gasteiger partial charge in [-0.25, -0.2) is 4.39 Å². The van der Waals surface area contributed by atoms with Crippen molar-refractivity contribution in [2.75, 3.05) is 19.6 Å². The molecule has 0 saturated heterocycles. The average Bonchev–Trinajstić information content (AvgIpc) is 2.92. The number of rotatable bonds is 6. The minimum atomic E-state index is -1.09. The van der Waals surface area contributed by atoms with Gasteiger partial charge in [0.25, 0.3) is 0 Å². The van der Waals surface area contributed by atoms with Crippen molar-refractivity contribution in [3.05, 3.63) is 107 Å². The van der Waals surface area contributed by atoms with Crippen LogP contribution in [0.15, 0.2) is 78.9 Å². The summed E-state index contributed by atoms with van der Waals surface area (Å²) in [6.45, 7) is 2.03. The van der Waals surface area contributed by atoms with Gasteiger partial charge in [0, 0.05) is 25.1 Å². The van der Waals surface area contributed by atoms with Crippen LogP contribution in [0.2, 0.25) is 0 Å². The molecule has 1 aliphatic heterocycles. The summed E-state index contributed by atoms with van der Waals surface area (Å²) in [6, 6.07) is 23.6. The number of β-amino-alcohol motifs (C(OH)–C–C–N with tert-alkyl or cyclic N) is 1. The predicted octanol–water partition coefficient (Wildman–Crippen LogP) is 4.58. The van der Waals surface area contributed by atoms with Crippen LogP contribution < -0.4 is 0 Å². The van der Waals surface area contributed by atoms with Gasteiger partial charge >= 0.3 is 0 Å². The molecule has 30 heavy (non-hydrogen) atoms. The van der Waals surface area contributed by atoms with Gasteiger partial charge in [-0.05, 0) is 60.3 Å². The van der Waals surface area contributed by atoms with Gasteiger partial charge < -0.3 is 5.11 Å². The smallest absolute Gasteiger partial charge is 0.162 e. The zero-order valence-corrected chi connectivity index (χ0v) is 16.9. The number of ketones is 1. The maximum absolute atomic E-state index is 13.1. The van der Waals surface area contributed by atoms with Crippen molar-refractivity contribution < 1.29 is 14.3 Å². The first-order valence-electron chi connectivity index (χ1n) is 10.4. The van der Waals surface area contributed by atoms with Gasteiger partial charge in [-0.2, -0.15) is 0 Å². The highest BCUT2D eigenvalue weighted by Crippen LogP contribution is 2.35. The van der Waals surface area contributed by atoms with Crippen molar-refractivity contribution in [2.24, 2.45) is 0 Å². The fourth-order valence-corrected chi connectivity index (χ4v) is 4.30. The lowest BCUT2D eigenvalue weighted by Crippen LogP contribution is -2.41. The Hall–Kier alpha value is -2.82. The van der Waals surface area contributed by atoms with Gasteiger partial charge in [-0.15, -0.1) is 0 Å². The van der Waals surface area contributed by atoms with E-state index in [1.54, 1.807) is 0 Å². The Morgan fingerprint density at radius 1 is 0.967 bits per heavy atom. The van der Waals surface area contributed by atoms with E-state index < -0.39 is 5.60 Å². The molecule has 0 bridgehead atoms. The molecular formula is C26H26FNO2. The normalized spacial score (nSPS) is 19.1. The molecule has 4 rings (SSSR count). The quantitative estimate of drug-likeness (QED) is 0.613. The molecule has 4 heteroatoms. The number of halogens is 1. The third-order valence-electron chi connectivity index (χ3n) is 5.91. The SMILES string of the molecule is O=C(CCCN1CCc2ccccc2[C@@](O)(c2ccccc2)C1)c1ccc(F)cc1. The Labute approximate surface area is 176 Å². The monoisotopic (exact) mass is 403 g/mol. The van der Waals surface area contributed by atoms with E-state index in [1.165, 1.54) is 24.3 Å². The number of aliphatic hydroxyl groups is 1. The molecule has 1 aliphatic rings. The molecule has 1 N–H and O–H groups in total. The van der Waals surface area contributed by atoms with Crippen molar-refractivity contribution >= 4 is 5.78 Å². The number of carbonyl (C=O) groups excluding carboxylic acids is 1. The zero-order valence-electron chi connectivity index (χ0n) is 16.9. The summed E-state index contributed by atoms with van der Waals surface area (Å²) in [4.78, 5) is 14.6. The molecule has 0 radical (unpaired) electrons. The highest BCUT2D eigenvalue weighted by molar-refractivity contribution is 5.95. The number of nitrogens with zero attached hydrogens (tertiary/aromatic N) is 1. The molecule has 0 aromatic heterocycles. The highest BCUT2D eigenvalue weighted by Gasteiger charge is 2.37. The molecule has 0 fully saturated rings. The molecule has 0 saturated carbocycles. The number of carbonyl (C=O) groups is 1. The summed E-state index contributed by atoms with van der Waals surface area (Å²) in [5.41, 5.74) is 2.46. The van der Waals surface area contributed by atoms with Crippen LogP contribution in [0.25, 0.3) is 0 Å². The Balaban J connectivity index is 1.48. The number of fused-ring (bicyclic) bond motifs is 1. The van der Waals surface area contributed by atoms with Crippen LogP contribution in [0.5, 0.6) is 0 Å². The average molecular weight is 403 g/mol. The van der Waals surface area contributed by atoms with E-state index in [1.807, 2.05) is 48.5 Å². The number of hydrogen-bond donors (Lipinski definition) is 1. The molecule has 154 valence electrons. The molecule has 0 spiro atoms. The first-order chi connectivity index (χ1) is 14.6. The van der Waals surface area contributed by atoms with E-state index in [0.29, 0.717) is 24.9 Å². The second kappa shape index (κ2) is 8.90. The highest BCUT2D eigenvalue weighted by atomic mass is 19.1. The third-order valence-corrected chi connectivity index (χ3v) is 5.91. The second-order valence-corrected chi connectivity index (χ2v) is 7.94. The van der Waals surface area contributed by atoms with Gasteiger partial charge in [0.2, 0.25) is 0 Å². The van der Waals surface area contributed by atoms with Gasteiger partial charge in [-0.3, -0.25) is 9.69 Å². The van der Waals surface area contributed by atoms with Crippen molar-refractivity contribution in [1.82, 2.24) is 4.90 Å². The zero-order chi connectivity index (χ0) is 21.0. The predicted molar refractivity (Wildman–Crippen MR) is 116 cm³/mol. The Bertz CT molecular complexity index is 1000. The Morgan fingerprint density at radius 3 is 2.43 bits per heavy atom. The lowest BCUT2D eigenvalue weighted by Gasteiger charge is -2.33. The minimum absolute atomic E-state index is 0.0198. The van der Waals surface area contributed by atoms with Crippen LogP contribution >= 0.6 is 0 Å². The summed E-state index contributed by atoms with van der Waals surface area (Å²) < 4.78 is 13.1. The maximum Gasteiger partial charge on any atom is 0.162 e. The molecule has 3 nitrogen and oxygen atoms in total. The van der Waals surface area contributed by atoms with Gasteiger partial charge in [0.1, 0.15) is 11.4 Å². The van der Waals surface area contributed by atoms with E-state index in [-0.39, 0.29) is 11.6 Å². The fraction of sp³-hybridized carbons (Fsp3) is 0.269. The van der Waals surface area contributed by atoms with E-state index >= 15 is 0 Å². The van der Waals surface area contributed by atoms with Crippen LogP contribution in [-0.4, -0.2) is 35.4 Å². The Kier molecular flexibility index (Phi) is 6.07. The van der Waals surface area contributed by atoms with Crippen molar-refractivity contribution in [3.8, 4) is 0 Å². The first-order valence-corrected chi connectivity index (χ1v) is 10.4. The molecule has 0 amide bonds. The van der Waals surface area contributed by atoms with E-state index in [0.717, 1.165) is 36.2 Å². The van der Waals surface area contributed by atoms with E-state index in [4.69, 9.17) is 0 Å². The van der Waals surface area contributed by atoms with Crippen molar-refractivity contribution in [1.29, 1.82) is 0 Å². The molecular weight excluding hydrogens is 377 g/mol. The first kappa shape index (κ1) is 20.5. The molecule has 0 aliphatic carbocycles. The van der Waals surface area contributed by atoms with Crippen LogP contribution in [0.4, 0.5) is 4.39 Å². The summed E-state index contributed by atoms with van der Waals surface area (Å²) >= 11 is 0. The van der Waals surface area contributed by atoms with E-state index in [2.05, 4.69) is 11.0 Å². The topological polar surface area (TPSA) is 40.5 Å². The van der Waals surface area contributed by atoms with Gasteiger partial charge in [-0.1, -0.05) is 54.6 Å². The van der Waals surface area contributed by atoms with Crippen LogP contribution in [0.3, 0.4) is 0 Å². The Morgan fingerprint density at radius 2 is 1.67 bits per heavy atom. The lowest BCUT2D eigenvalue weighted by molar-refractivity contribution is 0.0404. The van der Waals surface area contributed by atoms with Crippen LogP contribution in [0.1, 0.15) is 39.9 Å². The summed E-state index contributed by atoms with van der Waals surface area (Å²) in [5.74, 6) is -0.317. The number of Topliss-reactive ketones (excluding diaryl/α,β-unsaturated/α-hetero) is 1. The molecule has 1 heterocycles. The standard InChI is InChI=1S/C26H26FNO2/c27-23-14-12-21(13-15-23)25(29)11-6-17-28-18-16-20-7-4-5-10-24(20)26(30,19-28)22-8-2-1-3-9-22/h1-5,7-10,12-15,30H,6,11,16-19H2/t26-/m0/s1. The second-order valence-electron chi connectivity index (χ2n) is 7.94. The molecule has 3 aromatic carbocycles. The summed E-state index contributed by atoms with van der Waals surface area (Å²) in [6.07, 6.45) is 1.95. The van der Waals surface area contributed by atoms with Crippen molar-refractivity contribution in [2.45, 2.75) is 24.9 Å². The number of hydrogen-bond acceptors (Lipinski definition) is 3. The third kappa shape index (κ3) is 4.35. The maximum atomic E-state index is 13.1. The van der Waals surface area contributed by atoms with Gasteiger partial charge in [0.15, 0.2) is 5.78 Å². The lowest BCUT2D eigenvalue weighted by atomic mass is 9.83. The summed E-state index contributed by atoms with van der Waals surface area (Å²) in [7, 11) is 0. The number of benzene rings is 3. The largest absolute Gasteiger partial charge is 0.379 e. The molecule has 0 unspecified atom stereocenters. The van der Waals surface area contributed by atoms with E-state index in [9.17, 15) is 14.3 Å². The molecule has 3 aromatic rings. The van der Waals surface area contributed by atoms with Crippen LogP contribution in [-0.2, 0) is 12.0 Å². The summed E-state index contributed by atoms with van der Waals surface area (Å²) in [5, 5.41) is 11.8. The molecule has 1 atom stereocenters. The fourth-order valence-electron chi connectivity index (χ4n) is 4.30. The van der Waals surface area contributed by atoms with Crippen LogP contribution in [0, 0.1) is 5.82 Å².